The molecule has 1 atom stereocenters. The van der Waals surface area contributed by atoms with Crippen LogP contribution in [0.15, 0.2) is 24.3 Å². The Morgan fingerprint density at radius 3 is 2.60 bits per heavy atom. The molecule has 20 heavy (non-hydrogen) atoms. The second kappa shape index (κ2) is 5.03. The first-order valence-electron chi connectivity index (χ1n) is 5.62. The van der Waals surface area contributed by atoms with E-state index in [1.54, 1.807) is 12.1 Å². The summed E-state index contributed by atoms with van der Waals surface area (Å²) in [6, 6.07) is 6.14. The lowest BCUT2D eigenvalue weighted by Crippen LogP contribution is -2.34. The van der Waals surface area contributed by atoms with Gasteiger partial charge in [0, 0.05) is 6.54 Å². The third-order valence-electron chi connectivity index (χ3n) is 2.85. The Hall–Kier alpha value is -2.25. The monoisotopic (exact) mass is 289 g/mol. The average Bonchev–Trinajstić information content (AvgIpc) is 2.75. The second-order valence-corrected chi connectivity index (χ2v) is 4.23. The number of carboxylic acid groups (broad SMARTS) is 1. The number of aliphatic carboxylic acids is 1. The molecular weight excluding hydrogens is 279 g/mol. The van der Waals surface area contributed by atoms with E-state index in [0.717, 1.165) is 4.90 Å². The smallest absolute Gasteiger partial charge is 0.422 e. The summed E-state index contributed by atoms with van der Waals surface area (Å²) >= 11 is 0. The van der Waals surface area contributed by atoms with Crippen LogP contribution in [0, 0.1) is 0 Å². The van der Waals surface area contributed by atoms with E-state index in [9.17, 15) is 22.8 Å². The number of carbonyl (C=O) groups excluding carboxylic acids is 1. The van der Waals surface area contributed by atoms with Crippen LogP contribution in [0.1, 0.15) is 11.5 Å². The van der Waals surface area contributed by atoms with Crippen molar-refractivity contribution in [2.45, 2.75) is 12.1 Å². The number of hydrogen-bond donors (Lipinski definition) is 1. The van der Waals surface area contributed by atoms with Gasteiger partial charge in [-0.2, -0.15) is 13.2 Å². The minimum Gasteiger partial charge on any atom is -0.481 e. The van der Waals surface area contributed by atoms with Gasteiger partial charge in [-0.05, 0) is 11.6 Å². The van der Waals surface area contributed by atoms with Crippen LogP contribution >= 0.6 is 0 Å². The Morgan fingerprint density at radius 1 is 1.35 bits per heavy atom. The Kier molecular flexibility index (Phi) is 3.56. The fraction of sp³-hybridized carbons (Fsp3) is 0.333. The largest absolute Gasteiger partial charge is 0.481 e. The van der Waals surface area contributed by atoms with Gasteiger partial charge in [0.15, 0.2) is 6.61 Å². The maximum Gasteiger partial charge on any atom is 0.422 e. The number of fused-ring (bicyclic) bond motifs is 1. The van der Waals surface area contributed by atoms with Crippen LogP contribution in [0.25, 0.3) is 0 Å². The first-order chi connectivity index (χ1) is 9.29. The molecule has 1 amide bonds. The highest BCUT2D eigenvalue weighted by molar-refractivity contribution is 5.95. The molecule has 0 aliphatic carbocycles. The number of halogens is 3. The molecule has 0 bridgehead atoms. The van der Waals surface area contributed by atoms with Crippen molar-refractivity contribution in [1.82, 2.24) is 0 Å². The second-order valence-electron chi connectivity index (χ2n) is 4.23. The molecule has 1 aliphatic heterocycles. The molecule has 1 N–H and O–H groups in total. The normalized spacial score (nSPS) is 17.8. The van der Waals surface area contributed by atoms with Crippen molar-refractivity contribution in [3.8, 4) is 0 Å². The first-order valence-corrected chi connectivity index (χ1v) is 5.62. The lowest BCUT2D eigenvalue weighted by molar-refractivity contribution is -0.159. The van der Waals surface area contributed by atoms with Crippen molar-refractivity contribution in [3.05, 3.63) is 29.8 Å². The van der Waals surface area contributed by atoms with Gasteiger partial charge >= 0.3 is 18.2 Å². The highest BCUT2D eigenvalue weighted by Gasteiger charge is 2.38. The average molecular weight is 289 g/mol. The molecule has 5 nitrogen and oxygen atoms in total. The first kappa shape index (κ1) is 14.2. The van der Waals surface area contributed by atoms with E-state index in [1.165, 1.54) is 12.1 Å². The number of para-hydroxylation sites is 1. The molecule has 0 radical (unpaired) electrons. The number of hydrogen-bond acceptors (Lipinski definition) is 3. The van der Waals surface area contributed by atoms with Gasteiger partial charge < -0.3 is 9.84 Å². The number of ether oxygens (including phenoxy) is 1. The summed E-state index contributed by atoms with van der Waals surface area (Å²) in [5, 5.41) is 9.06. The van der Waals surface area contributed by atoms with Crippen LogP contribution in [-0.2, 0) is 9.53 Å². The maximum atomic E-state index is 12.0. The number of alkyl halides is 3. The summed E-state index contributed by atoms with van der Waals surface area (Å²) in [5.41, 5.74) is 0.635. The Labute approximate surface area is 111 Å². The molecule has 0 spiro atoms. The summed E-state index contributed by atoms with van der Waals surface area (Å²) in [4.78, 5) is 23.6. The predicted molar refractivity (Wildman–Crippen MR) is 61.6 cm³/mol. The van der Waals surface area contributed by atoms with Crippen LogP contribution in [0.3, 0.4) is 0 Å². The molecule has 0 saturated heterocycles. The molecule has 0 saturated carbocycles. The van der Waals surface area contributed by atoms with E-state index in [-0.39, 0.29) is 12.2 Å². The molecule has 2 rings (SSSR count). The fourth-order valence-corrected chi connectivity index (χ4v) is 2.01. The molecule has 0 aromatic heterocycles. The zero-order valence-electron chi connectivity index (χ0n) is 10.1. The van der Waals surface area contributed by atoms with Crippen LogP contribution < -0.4 is 4.90 Å². The van der Waals surface area contributed by atoms with E-state index < -0.39 is 30.8 Å². The Morgan fingerprint density at radius 2 is 2.00 bits per heavy atom. The number of anilines is 1. The molecule has 1 unspecified atom stereocenters. The third kappa shape index (κ3) is 2.84. The number of carbonyl (C=O) groups is 2. The third-order valence-corrected chi connectivity index (χ3v) is 2.85. The van der Waals surface area contributed by atoms with Gasteiger partial charge in [0.2, 0.25) is 0 Å². The SMILES string of the molecule is O=C(O)C1CN(C(=O)OCC(F)(F)F)c2ccccc21. The Bertz CT molecular complexity index is 544. The van der Waals surface area contributed by atoms with E-state index in [0.29, 0.717) is 5.56 Å². The van der Waals surface area contributed by atoms with Crippen LogP contribution in [0.5, 0.6) is 0 Å². The van der Waals surface area contributed by atoms with E-state index in [4.69, 9.17) is 5.11 Å². The molecular formula is C12H10F3NO4. The summed E-state index contributed by atoms with van der Waals surface area (Å²) < 4.78 is 40.2. The van der Waals surface area contributed by atoms with Gasteiger partial charge in [-0.15, -0.1) is 0 Å². The van der Waals surface area contributed by atoms with Crippen molar-refractivity contribution >= 4 is 17.7 Å². The molecule has 1 aromatic rings. The zero-order valence-corrected chi connectivity index (χ0v) is 10.1. The van der Waals surface area contributed by atoms with Gasteiger partial charge in [0.1, 0.15) is 5.92 Å². The summed E-state index contributed by atoms with van der Waals surface area (Å²) in [6.45, 7) is -1.95. The van der Waals surface area contributed by atoms with Crippen LogP contribution in [0.4, 0.5) is 23.7 Å². The molecule has 1 heterocycles. The highest BCUT2D eigenvalue weighted by Crippen LogP contribution is 2.36. The number of nitrogens with zero attached hydrogens (tertiary/aromatic N) is 1. The topological polar surface area (TPSA) is 66.8 Å². The van der Waals surface area contributed by atoms with Gasteiger partial charge in [0.25, 0.3) is 0 Å². The highest BCUT2D eigenvalue weighted by atomic mass is 19.4. The van der Waals surface area contributed by atoms with E-state index in [2.05, 4.69) is 4.74 Å². The molecule has 1 aromatic carbocycles. The molecule has 1 aliphatic rings. The van der Waals surface area contributed by atoms with Gasteiger partial charge in [-0.25, -0.2) is 4.79 Å². The van der Waals surface area contributed by atoms with Crippen molar-refractivity contribution in [2.24, 2.45) is 0 Å². The lowest BCUT2D eigenvalue weighted by atomic mass is 10.0. The summed E-state index contributed by atoms with van der Waals surface area (Å²) in [6.07, 6.45) is -5.83. The van der Waals surface area contributed by atoms with Crippen LogP contribution in [0.2, 0.25) is 0 Å². The van der Waals surface area contributed by atoms with Crippen molar-refractivity contribution < 1.29 is 32.6 Å². The van der Waals surface area contributed by atoms with Crippen molar-refractivity contribution in [1.29, 1.82) is 0 Å². The van der Waals surface area contributed by atoms with Crippen LogP contribution in [-0.4, -0.2) is 36.5 Å². The van der Waals surface area contributed by atoms with Crippen molar-refractivity contribution in [2.75, 3.05) is 18.1 Å². The van der Waals surface area contributed by atoms with E-state index in [1.807, 2.05) is 0 Å². The molecule has 8 heteroatoms. The molecule has 0 fully saturated rings. The maximum absolute atomic E-state index is 12.0. The summed E-state index contributed by atoms with van der Waals surface area (Å²) in [7, 11) is 0. The zero-order chi connectivity index (χ0) is 14.9. The fourth-order valence-electron chi connectivity index (χ4n) is 2.01. The van der Waals surface area contributed by atoms with Gasteiger partial charge in [0.05, 0.1) is 5.69 Å². The van der Waals surface area contributed by atoms with Gasteiger partial charge in [-0.3, -0.25) is 9.69 Å². The summed E-state index contributed by atoms with van der Waals surface area (Å²) in [5.74, 6) is -2.12. The minimum atomic E-state index is -4.62. The number of benzene rings is 1. The predicted octanol–water partition coefficient (Wildman–Crippen LogP) is 2.37. The lowest BCUT2D eigenvalue weighted by Gasteiger charge is -2.17. The quantitative estimate of drug-likeness (QED) is 0.907. The van der Waals surface area contributed by atoms with E-state index >= 15 is 0 Å². The minimum absolute atomic E-state index is 0.245. The molecule has 108 valence electrons. The number of carboxylic acids is 1. The number of amides is 1. The van der Waals surface area contributed by atoms with Gasteiger partial charge in [-0.1, -0.05) is 18.2 Å². The Balaban J connectivity index is 2.18. The van der Waals surface area contributed by atoms with Crippen molar-refractivity contribution in [3.63, 3.8) is 0 Å². The standard InChI is InChI=1S/C12H10F3NO4/c13-12(14,15)6-20-11(19)16-5-8(10(17)18)7-3-1-2-4-9(7)16/h1-4,8H,5-6H2,(H,17,18). The number of rotatable bonds is 2.